The highest BCUT2D eigenvalue weighted by atomic mass is 79.9. The van der Waals surface area contributed by atoms with Crippen LogP contribution in [0, 0.1) is 27.7 Å². The van der Waals surface area contributed by atoms with Crippen LogP contribution in [0.5, 0.6) is 0 Å². The summed E-state index contributed by atoms with van der Waals surface area (Å²) >= 11 is 9.48. The Morgan fingerprint density at radius 2 is 1.59 bits per heavy atom. The van der Waals surface area contributed by atoms with Crippen LogP contribution >= 0.6 is 28.1 Å². The molecule has 2 aromatic heterocycles. The normalized spacial score (nSPS) is 17.8. The second-order valence-electron chi connectivity index (χ2n) is 8.98. The van der Waals surface area contributed by atoms with E-state index in [1.165, 1.54) is 28.1 Å². The third-order valence-corrected chi connectivity index (χ3v) is 7.30. The number of rotatable bonds is 4. The van der Waals surface area contributed by atoms with E-state index in [1.54, 1.807) is 0 Å². The second-order valence-corrected chi connectivity index (χ2v) is 10.3. The van der Waals surface area contributed by atoms with Crippen LogP contribution in [0.25, 0.3) is 5.69 Å². The van der Waals surface area contributed by atoms with Crippen molar-refractivity contribution in [2.45, 2.75) is 39.8 Å². The zero-order chi connectivity index (χ0) is 24.0. The molecule has 0 spiro atoms. The monoisotopic (exact) mass is 530 g/mol. The molecule has 0 aliphatic carbocycles. The number of nitrogens with zero attached hydrogens (tertiary/aromatic N) is 3. The van der Waals surface area contributed by atoms with Gasteiger partial charge in [0, 0.05) is 33.4 Å². The summed E-state index contributed by atoms with van der Waals surface area (Å²) in [5.41, 5.74) is 9.30. The summed E-state index contributed by atoms with van der Waals surface area (Å²) in [5, 5.41) is 4.31. The SMILES string of the molecule is Cc1cc(C)cc(N2C(=S)N[C@H](c3ccccn3)[C@@H]2c2cc(C)n(-c3ccc(Br)cc3)c2C)c1. The molecule has 1 N–H and O–H groups in total. The zero-order valence-electron chi connectivity index (χ0n) is 19.7. The van der Waals surface area contributed by atoms with Crippen molar-refractivity contribution in [1.82, 2.24) is 14.9 Å². The van der Waals surface area contributed by atoms with Crippen LogP contribution in [-0.2, 0) is 0 Å². The average Bonchev–Trinajstić information content (AvgIpc) is 3.30. The summed E-state index contributed by atoms with van der Waals surface area (Å²) in [6.07, 6.45) is 1.85. The number of hydrogen-bond acceptors (Lipinski definition) is 2. The minimum atomic E-state index is -0.0617. The molecule has 0 bridgehead atoms. The Balaban J connectivity index is 1.69. The first-order valence-corrected chi connectivity index (χ1v) is 12.6. The second kappa shape index (κ2) is 9.01. The third-order valence-electron chi connectivity index (χ3n) is 6.46. The van der Waals surface area contributed by atoms with Crippen molar-refractivity contribution in [3.05, 3.63) is 111 Å². The molecule has 5 rings (SSSR count). The van der Waals surface area contributed by atoms with E-state index in [9.17, 15) is 0 Å². The fourth-order valence-corrected chi connectivity index (χ4v) is 5.72. The van der Waals surface area contributed by atoms with Gasteiger partial charge in [-0.3, -0.25) is 4.98 Å². The van der Waals surface area contributed by atoms with Gasteiger partial charge in [0.25, 0.3) is 0 Å². The molecule has 3 heterocycles. The highest BCUT2D eigenvalue weighted by Crippen LogP contribution is 2.44. The fraction of sp³-hybridized carbons (Fsp3) is 0.214. The molecule has 4 nitrogen and oxygen atoms in total. The maximum absolute atomic E-state index is 5.93. The number of benzene rings is 2. The van der Waals surface area contributed by atoms with Gasteiger partial charge >= 0.3 is 0 Å². The van der Waals surface area contributed by atoms with Gasteiger partial charge in [0.2, 0.25) is 0 Å². The van der Waals surface area contributed by atoms with E-state index in [0.717, 1.165) is 26.7 Å². The van der Waals surface area contributed by atoms with Gasteiger partial charge in [-0.25, -0.2) is 0 Å². The highest BCUT2D eigenvalue weighted by Gasteiger charge is 2.42. The molecular weight excluding hydrogens is 504 g/mol. The lowest BCUT2D eigenvalue weighted by Crippen LogP contribution is -2.29. The number of aromatic nitrogens is 2. The van der Waals surface area contributed by atoms with Gasteiger partial charge in [0.15, 0.2) is 5.11 Å². The van der Waals surface area contributed by atoms with Crippen molar-refractivity contribution < 1.29 is 0 Å². The van der Waals surface area contributed by atoms with Gasteiger partial charge in [0.1, 0.15) is 0 Å². The van der Waals surface area contributed by atoms with Crippen molar-refractivity contribution in [3.8, 4) is 5.69 Å². The molecule has 2 aromatic carbocycles. The first-order chi connectivity index (χ1) is 16.3. The fourth-order valence-electron chi connectivity index (χ4n) is 5.11. The number of anilines is 1. The van der Waals surface area contributed by atoms with E-state index in [-0.39, 0.29) is 12.1 Å². The molecule has 34 heavy (non-hydrogen) atoms. The molecule has 2 atom stereocenters. The van der Waals surface area contributed by atoms with Gasteiger partial charge in [-0.15, -0.1) is 0 Å². The lowest BCUT2D eigenvalue weighted by Gasteiger charge is -2.29. The maximum atomic E-state index is 5.93. The molecule has 1 aliphatic heterocycles. The van der Waals surface area contributed by atoms with Gasteiger partial charge in [-0.05, 0) is 111 Å². The van der Waals surface area contributed by atoms with E-state index in [4.69, 9.17) is 17.2 Å². The number of aryl methyl sites for hydroxylation is 3. The summed E-state index contributed by atoms with van der Waals surface area (Å²) in [5.74, 6) is 0. The van der Waals surface area contributed by atoms with Crippen molar-refractivity contribution in [1.29, 1.82) is 0 Å². The first kappa shape index (κ1) is 22.8. The Bertz CT molecular complexity index is 1340. The molecule has 0 amide bonds. The van der Waals surface area contributed by atoms with Crippen LogP contribution in [0.3, 0.4) is 0 Å². The zero-order valence-corrected chi connectivity index (χ0v) is 22.1. The highest BCUT2D eigenvalue weighted by molar-refractivity contribution is 9.10. The minimum Gasteiger partial charge on any atom is -0.351 e. The van der Waals surface area contributed by atoms with Crippen LogP contribution in [0.15, 0.2) is 77.4 Å². The molecule has 172 valence electrons. The Labute approximate surface area is 214 Å². The van der Waals surface area contributed by atoms with Crippen molar-refractivity contribution in [3.63, 3.8) is 0 Å². The van der Waals surface area contributed by atoms with Gasteiger partial charge < -0.3 is 14.8 Å². The summed E-state index contributed by atoms with van der Waals surface area (Å²) < 4.78 is 3.39. The number of thiocarbonyl (C=S) groups is 1. The predicted octanol–water partition coefficient (Wildman–Crippen LogP) is 7.05. The summed E-state index contributed by atoms with van der Waals surface area (Å²) in [7, 11) is 0. The van der Waals surface area contributed by atoms with Crippen molar-refractivity contribution in [2.75, 3.05) is 4.90 Å². The van der Waals surface area contributed by atoms with Crippen molar-refractivity contribution >= 4 is 38.9 Å². The first-order valence-electron chi connectivity index (χ1n) is 11.4. The Morgan fingerprint density at radius 3 is 2.24 bits per heavy atom. The van der Waals surface area contributed by atoms with E-state index in [2.05, 4.69) is 113 Å². The molecule has 0 unspecified atom stereocenters. The number of halogens is 1. The standard InChI is InChI=1S/C28H27BrN4S/c1-17-13-18(2)15-23(14-17)33-27(26(31-28(33)34)25-7-5-6-12-30-25)24-16-19(3)32(20(24)4)22-10-8-21(29)9-11-22/h5-16,26-27H,1-4H3,(H,31,34)/t26-,27+/m1/s1. The molecular formula is C28H27BrN4S. The Kier molecular flexibility index (Phi) is 6.04. The Morgan fingerprint density at radius 1 is 0.882 bits per heavy atom. The van der Waals surface area contributed by atoms with Crippen LogP contribution < -0.4 is 10.2 Å². The number of pyridine rings is 1. The summed E-state index contributed by atoms with van der Waals surface area (Å²) in [6, 6.07) is 23.3. The van der Waals surface area contributed by atoms with E-state index in [1.807, 2.05) is 18.3 Å². The minimum absolute atomic E-state index is 0.0287. The van der Waals surface area contributed by atoms with Gasteiger partial charge in [-0.2, -0.15) is 0 Å². The molecule has 0 radical (unpaired) electrons. The van der Waals surface area contributed by atoms with E-state index in [0.29, 0.717) is 0 Å². The molecule has 4 aromatic rings. The smallest absolute Gasteiger partial charge is 0.174 e. The van der Waals surface area contributed by atoms with Crippen LogP contribution in [0.1, 0.15) is 45.9 Å². The molecule has 1 saturated heterocycles. The quantitative estimate of drug-likeness (QED) is 0.286. The van der Waals surface area contributed by atoms with Crippen LogP contribution in [0.4, 0.5) is 5.69 Å². The molecule has 1 fully saturated rings. The maximum Gasteiger partial charge on any atom is 0.174 e. The average molecular weight is 532 g/mol. The number of nitrogens with one attached hydrogen (secondary N) is 1. The van der Waals surface area contributed by atoms with Crippen LogP contribution in [-0.4, -0.2) is 14.7 Å². The van der Waals surface area contributed by atoms with Crippen molar-refractivity contribution in [2.24, 2.45) is 0 Å². The van der Waals surface area contributed by atoms with Gasteiger partial charge in [-0.1, -0.05) is 28.1 Å². The predicted molar refractivity (Wildman–Crippen MR) is 147 cm³/mol. The molecule has 0 saturated carbocycles. The topological polar surface area (TPSA) is 33.1 Å². The summed E-state index contributed by atoms with van der Waals surface area (Å²) in [4.78, 5) is 6.97. The van der Waals surface area contributed by atoms with Crippen LogP contribution in [0.2, 0.25) is 0 Å². The Hall–Kier alpha value is -2.96. The number of hydrogen-bond donors (Lipinski definition) is 1. The molecule has 1 aliphatic rings. The summed E-state index contributed by atoms with van der Waals surface area (Å²) in [6.45, 7) is 8.62. The van der Waals surface area contributed by atoms with E-state index < -0.39 is 0 Å². The molecule has 6 heteroatoms. The lowest BCUT2D eigenvalue weighted by molar-refractivity contribution is 0.565. The van der Waals surface area contributed by atoms with Gasteiger partial charge in [0.05, 0.1) is 17.8 Å². The van der Waals surface area contributed by atoms with E-state index >= 15 is 0 Å². The largest absolute Gasteiger partial charge is 0.351 e. The third kappa shape index (κ3) is 4.05. The lowest BCUT2D eigenvalue weighted by atomic mass is 9.96.